The van der Waals surface area contributed by atoms with Gasteiger partial charge in [-0.15, -0.1) is 13.2 Å². The summed E-state index contributed by atoms with van der Waals surface area (Å²) in [4.78, 5) is 1.48. The molecule has 0 saturated carbocycles. The number of alkyl halides is 3. The minimum atomic E-state index is -5.00. The Morgan fingerprint density at radius 1 is 1.00 bits per heavy atom. The largest absolute Gasteiger partial charge is 0.573 e. The Labute approximate surface area is 175 Å². The summed E-state index contributed by atoms with van der Waals surface area (Å²) in [6.45, 7) is 1.07. The highest BCUT2D eigenvalue weighted by Gasteiger charge is 2.36. The summed E-state index contributed by atoms with van der Waals surface area (Å²) < 4.78 is 74.6. The monoisotopic (exact) mass is 494 g/mol. The average Bonchev–Trinajstić information content (AvgIpc) is 2.67. The lowest BCUT2D eigenvalue weighted by molar-refractivity contribution is -0.275. The number of ether oxygens (including phenoxy) is 2. The van der Waals surface area contributed by atoms with Crippen molar-refractivity contribution in [1.82, 2.24) is 4.31 Å². The first kappa shape index (κ1) is 21.7. The molecule has 0 N–H and O–H groups in total. The molecule has 0 spiro atoms. The molecule has 0 unspecified atom stereocenters. The molecule has 0 atom stereocenters. The van der Waals surface area contributed by atoms with Crippen LogP contribution in [0.5, 0.6) is 11.5 Å². The van der Waals surface area contributed by atoms with Crippen LogP contribution in [0, 0.1) is 0 Å². The third-order valence-electron chi connectivity index (χ3n) is 4.43. The van der Waals surface area contributed by atoms with E-state index >= 15 is 0 Å². The Morgan fingerprint density at radius 3 is 2.17 bits per heavy atom. The summed E-state index contributed by atoms with van der Waals surface area (Å²) in [5, 5.41) is 0. The van der Waals surface area contributed by atoms with E-state index in [-0.39, 0.29) is 17.6 Å². The van der Waals surface area contributed by atoms with Gasteiger partial charge < -0.3 is 14.4 Å². The third kappa shape index (κ3) is 5.14. The van der Waals surface area contributed by atoms with Gasteiger partial charge in [-0.25, -0.2) is 8.42 Å². The summed E-state index contributed by atoms with van der Waals surface area (Å²) in [7, 11) is -2.59. The Kier molecular flexibility index (Phi) is 6.30. The van der Waals surface area contributed by atoms with Gasteiger partial charge in [0.05, 0.1) is 7.11 Å². The number of piperazine rings is 1. The molecule has 1 fully saturated rings. The molecule has 1 aliphatic rings. The van der Waals surface area contributed by atoms with Gasteiger partial charge in [-0.2, -0.15) is 4.31 Å². The number of benzene rings is 2. The van der Waals surface area contributed by atoms with Crippen molar-refractivity contribution < 1.29 is 31.1 Å². The second kappa shape index (κ2) is 8.41. The van der Waals surface area contributed by atoms with E-state index in [1.807, 2.05) is 17.0 Å². The first-order valence-electron chi connectivity index (χ1n) is 8.54. The highest BCUT2D eigenvalue weighted by Crippen LogP contribution is 2.34. The zero-order chi connectivity index (χ0) is 21.2. The van der Waals surface area contributed by atoms with E-state index in [0.29, 0.717) is 18.8 Å². The van der Waals surface area contributed by atoms with Gasteiger partial charge in [0.1, 0.15) is 10.6 Å². The number of methoxy groups -OCH3 is 1. The van der Waals surface area contributed by atoms with Crippen LogP contribution >= 0.6 is 15.9 Å². The van der Waals surface area contributed by atoms with Gasteiger partial charge in [0, 0.05) is 36.3 Å². The zero-order valence-corrected chi connectivity index (χ0v) is 17.7. The third-order valence-corrected chi connectivity index (χ3v) is 6.86. The summed E-state index contributed by atoms with van der Waals surface area (Å²) in [5.74, 6) is -0.0492. The van der Waals surface area contributed by atoms with Gasteiger partial charge in [0.2, 0.25) is 10.0 Å². The van der Waals surface area contributed by atoms with Crippen LogP contribution in [0.15, 0.2) is 51.8 Å². The number of halogens is 4. The summed E-state index contributed by atoms with van der Waals surface area (Å²) in [6.07, 6.45) is -5.00. The normalized spacial score (nSPS) is 16.0. The summed E-state index contributed by atoms with van der Waals surface area (Å²) in [6, 6.07) is 10.8. The van der Waals surface area contributed by atoms with E-state index in [1.54, 1.807) is 19.2 Å². The highest BCUT2D eigenvalue weighted by molar-refractivity contribution is 9.10. The van der Waals surface area contributed by atoms with E-state index in [2.05, 4.69) is 20.7 Å². The van der Waals surface area contributed by atoms with Gasteiger partial charge in [-0.3, -0.25) is 0 Å². The molecule has 0 bridgehead atoms. The minimum absolute atomic E-state index is 0.135. The van der Waals surface area contributed by atoms with E-state index in [0.717, 1.165) is 17.8 Å². The Bertz CT molecular complexity index is 960. The number of hydrogen-bond donors (Lipinski definition) is 0. The zero-order valence-electron chi connectivity index (χ0n) is 15.3. The van der Waals surface area contributed by atoms with Crippen LogP contribution in [0.25, 0.3) is 0 Å². The molecule has 0 aromatic heterocycles. The van der Waals surface area contributed by atoms with E-state index in [9.17, 15) is 21.6 Å². The van der Waals surface area contributed by atoms with Crippen molar-refractivity contribution >= 4 is 31.6 Å². The maximum Gasteiger partial charge on any atom is 0.573 e. The van der Waals surface area contributed by atoms with Crippen molar-refractivity contribution in [3.05, 3.63) is 46.9 Å². The molecule has 2 aromatic rings. The quantitative estimate of drug-likeness (QED) is 0.631. The van der Waals surface area contributed by atoms with Crippen molar-refractivity contribution in [2.24, 2.45) is 0 Å². The lowest BCUT2D eigenvalue weighted by Crippen LogP contribution is -2.48. The van der Waals surface area contributed by atoms with Gasteiger partial charge in [0.25, 0.3) is 0 Å². The first-order chi connectivity index (χ1) is 13.6. The number of rotatable bonds is 5. The van der Waals surface area contributed by atoms with Gasteiger partial charge in [-0.1, -0.05) is 15.9 Å². The second-order valence-corrected chi connectivity index (χ2v) is 9.05. The molecular weight excluding hydrogens is 477 g/mol. The molecule has 0 radical (unpaired) electrons. The highest BCUT2D eigenvalue weighted by atomic mass is 79.9. The molecule has 1 saturated heterocycles. The smallest absolute Gasteiger partial charge is 0.497 e. The molecular formula is C18H18BrF3N2O4S. The molecule has 6 nitrogen and oxygen atoms in total. The fraction of sp³-hybridized carbons (Fsp3) is 0.333. The lowest BCUT2D eigenvalue weighted by Gasteiger charge is -2.35. The lowest BCUT2D eigenvalue weighted by atomic mass is 10.2. The number of nitrogens with zero attached hydrogens (tertiary/aromatic N) is 2. The fourth-order valence-electron chi connectivity index (χ4n) is 3.02. The van der Waals surface area contributed by atoms with E-state index < -0.39 is 27.0 Å². The predicted molar refractivity (Wildman–Crippen MR) is 105 cm³/mol. The van der Waals surface area contributed by atoms with Crippen LogP contribution in [0.4, 0.5) is 18.9 Å². The molecule has 0 aliphatic carbocycles. The van der Waals surface area contributed by atoms with Crippen LogP contribution in [-0.4, -0.2) is 52.4 Å². The van der Waals surface area contributed by atoms with Crippen LogP contribution in [0.3, 0.4) is 0 Å². The molecule has 2 aromatic carbocycles. The van der Waals surface area contributed by atoms with Crippen LogP contribution < -0.4 is 14.4 Å². The van der Waals surface area contributed by atoms with Crippen LogP contribution in [0.2, 0.25) is 0 Å². The van der Waals surface area contributed by atoms with Crippen molar-refractivity contribution in [1.29, 1.82) is 0 Å². The Hall–Kier alpha value is -1.98. The Balaban J connectivity index is 1.78. The maximum absolute atomic E-state index is 13.0. The average molecular weight is 495 g/mol. The predicted octanol–water partition coefficient (Wildman–Crippen LogP) is 3.87. The van der Waals surface area contributed by atoms with E-state index in [4.69, 9.17) is 4.74 Å². The summed E-state index contributed by atoms with van der Waals surface area (Å²) in [5.41, 5.74) is 0.910. The van der Waals surface area contributed by atoms with Crippen molar-refractivity contribution in [2.45, 2.75) is 11.3 Å². The van der Waals surface area contributed by atoms with Crippen molar-refractivity contribution in [3.8, 4) is 11.5 Å². The van der Waals surface area contributed by atoms with Gasteiger partial charge in [-0.05, 0) is 42.5 Å². The van der Waals surface area contributed by atoms with Crippen molar-refractivity contribution in [3.63, 3.8) is 0 Å². The van der Waals surface area contributed by atoms with Gasteiger partial charge >= 0.3 is 6.36 Å². The summed E-state index contributed by atoms with van der Waals surface area (Å²) >= 11 is 3.04. The SMILES string of the molecule is COc1ccc(N2CCN(S(=O)(=O)c3ccc(Br)cc3OC(F)(F)F)CC2)cc1. The molecule has 1 heterocycles. The molecule has 11 heteroatoms. The first-order valence-corrected chi connectivity index (χ1v) is 10.8. The second-order valence-electron chi connectivity index (χ2n) is 6.23. The fourth-order valence-corrected chi connectivity index (χ4v) is 4.88. The molecule has 1 aliphatic heterocycles. The molecule has 3 rings (SSSR count). The standard InChI is InChI=1S/C18H18BrF3N2O4S/c1-27-15-5-3-14(4-6-15)23-8-10-24(11-9-23)29(25,26)17-7-2-13(19)12-16(17)28-18(20,21)22/h2-7,12H,8-11H2,1H3. The maximum atomic E-state index is 13.0. The molecule has 158 valence electrons. The topological polar surface area (TPSA) is 59.1 Å². The molecule has 0 amide bonds. The Morgan fingerprint density at radius 2 is 1.62 bits per heavy atom. The van der Waals surface area contributed by atoms with Crippen molar-refractivity contribution in [2.75, 3.05) is 38.2 Å². The van der Waals surface area contributed by atoms with Crippen LogP contribution in [0.1, 0.15) is 0 Å². The van der Waals surface area contributed by atoms with Gasteiger partial charge in [0.15, 0.2) is 5.75 Å². The number of anilines is 1. The van der Waals surface area contributed by atoms with Crippen LogP contribution in [-0.2, 0) is 10.0 Å². The van der Waals surface area contributed by atoms with E-state index in [1.165, 1.54) is 10.4 Å². The number of sulfonamides is 1. The number of hydrogen-bond acceptors (Lipinski definition) is 5. The minimum Gasteiger partial charge on any atom is -0.497 e. The molecule has 29 heavy (non-hydrogen) atoms.